The van der Waals surface area contributed by atoms with Crippen molar-refractivity contribution < 1.29 is 9.90 Å². The van der Waals surface area contributed by atoms with Gasteiger partial charge in [0.25, 0.3) is 0 Å². The van der Waals surface area contributed by atoms with Gasteiger partial charge in [-0.3, -0.25) is 4.79 Å². The van der Waals surface area contributed by atoms with Gasteiger partial charge in [-0.25, -0.2) is 4.99 Å². The Balaban J connectivity index is 1.83. The Morgan fingerprint density at radius 3 is 2.86 bits per heavy atom. The molecule has 4 nitrogen and oxygen atoms in total. The van der Waals surface area contributed by atoms with E-state index in [0.29, 0.717) is 36.0 Å². The SMILES string of the molecule is CC1C=C2C(=O)[C@]3(O)CCN(c4ccccc4)C3=NC2=CC1. The molecule has 22 heavy (non-hydrogen) atoms. The number of Topliss-reactive ketones (excluding diaryl/α,β-unsaturated/α-hetero) is 1. The van der Waals surface area contributed by atoms with Crippen LogP contribution in [0.2, 0.25) is 0 Å². The molecule has 2 atom stereocenters. The second-order valence-corrected chi connectivity index (χ2v) is 6.24. The number of rotatable bonds is 1. The highest BCUT2D eigenvalue weighted by molar-refractivity contribution is 6.27. The molecule has 1 aromatic rings. The van der Waals surface area contributed by atoms with Crippen LogP contribution in [0.5, 0.6) is 0 Å². The van der Waals surface area contributed by atoms with Crippen LogP contribution in [0.25, 0.3) is 0 Å². The van der Waals surface area contributed by atoms with Gasteiger partial charge in [0.05, 0.1) is 5.70 Å². The quantitative estimate of drug-likeness (QED) is 0.865. The number of fused-ring (bicyclic) bond motifs is 2. The van der Waals surface area contributed by atoms with Gasteiger partial charge in [0, 0.05) is 24.2 Å². The molecule has 1 aliphatic carbocycles. The Morgan fingerprint density at radius 1 is 1.32 bits per heavy atom. The lowest BCUT2D eigenvalue weighted by molar-refractivity contribution is -0.127. The molecule has 3 aliphatic rings. The number of hydrogen-bond donors (Lipinski definition) is 1. The van der Waals surface area contributed by atoms with Crippen molar-refractivity contribution >= 4 is 17.3 Å². The van der Waals surface area contributed by atoms with Crippen LogP contribution >= 0.6 is 0 Å². The molecule has 112 valence electrons. The number of aliphatic hydroxyl groups is 1. The fourth-order valence-corrected chi connectivity index (χ4v) is 3.42. The molecule has 0 saturated carbocycles. The molecule has 1 aromatic carbocycles. The van der Waals surface area contributed by atoms with Crippen LogP contribution in [0.4, 0.5) is 5.69 Å². The Bertz CT molecular complexity index is 733. The van der Waals surface area contributed by atoms with E-state index in [2.05, 4.69) is 11.9 Å². The molecule has 0 radical (unpaired) electrons. The lowest BCUT2D eigenvalue weighted by atomic mass is 9.82. The number of anilines is 1. The zero-order valence-electron chi connectivity index (χ0n) is 12.5. The number of benzene rings is 1. The van der Waals surface area contributed by atoms with E-state index in [1.165, 1.54) is 0 Å². The summed E-state index contributed by atoms with van der Waals surface area (Å²) in [6.07, 6.45) is 5.22. The van der Waals surface area contributed by atoms with Crippen molar-refractivity contribution in [2.45, 2.75) is 25.4 Å². The van der Waals surface area contributed by atoms with Crippen LogP contribution in [-0.4, -0.2) is 28.9 Å². The molecule has 1 saturated heterocycles. The second-order valence-electron chi connectivity index (χ2n) is 6.24. The van der Waals surface area contributed by atoms with E-state index in [0.717, 1.165) is 12.1 Å². The monoisotopic (exact) mass is 294 g/mol. The first kappa shape index (κ1) is 13.5. The van der Waals surface area contributed by atoms with E-state index in [1.54, 1.807) is 0 Å². The highest BCUT2D eigenvalue weighted by atomic mass is 16.3. The third-order valence-electron chi connectivity index (χ3n) is 4.65. The van der Waals surface area contributed by atoms with Crippen LogP contribution in [0.3, 0.4) is 0 Å². The molecule has 4 rings (SSSR count). The van der Waals surface area contributed by atoms with Crippen molar-refractivity contribution in [1.82, 2.24) is 0 Å². The molecule has 2 aliphatic heterocycles. The third-order valence-corrected chi connectivity index (χ3v) is 4.65. The molecule has 0 spiro atoms. The van der Waals surface area contributed by atoms with E-state index in [9.17, 15) is 9.90 Å². The maximum atomic E-state index is 12.8. The third kappa shape index (κ3) is 1.80. The first-order valence-electron chi connectivity index (χ1n) is 7.71. The molecule has 1 fully saturated rings. The van der Waals surface area contributed by atoms with Crippen molar-refractivity contribution in [3.63, 3.8) is 0 Å². The molecule has 1 N–H and O–H groups in total. The first-order valence-corrected chi connectivity index (χ1v) is 7.71. The fourth-order valence-electron chi connectivity index (χ4n) is 3.42. The maximum Gasteiger partial charge on any atom is 0.204 e. The predicted molar refractivity (Wildman–Crippen MR) is 85.7 cm³/mol. The molecule has 0 bridgehead atoms. The van der Waals surface area contributed by atoms with Gasteiger partial charge in [-0.1, -0.05) is 37.3 Å². The molecule has 2 heterocycles. The summed E-state index contributed by atoms with van der Waals surface area (Å²) < 4.78 is 0. The number of allylic oxidation sites excluding steroid dienone is 3. The summed E-state index contributed by atoms with van der Waals surface area (Å²) in [5.74, 6) is 0.588. The highest BCUT2D eigenvalue weighted by Crippen LogP contribution is 2.39. The number of para-hydroxylation sites is 1. The molecular weight excluding hydrogens is 276 g/mol. The zero-order chi connectivity index (χ0) is 15.3. The van der Waals surface area contributed by atoms with Crippen molar-refractivity contribution in [2.24, 2.45) is 10.9 Å². The zero-order valence-corrected chi connectivity index (χ0v) is 12.5. The van der Waals surface area contributed by atoms with Crippen LogP contribution < -0.4 is 4.90 Å². The van der Waals surface area contributed by atoms with Crippen LogP contribution in [-0.2, 0) is 4.79 Å². The highest BCUT2D eigenvalue weighted by Gasteiger charge is 2.53. The Labute approximate surface area is 129 Å². The minimum absolute atomic E-state index is 0.200. The minimum Gasteiger partial charge on any atom is -0.374 e. The van der Waals surface area contributed by atoms with E-state index in [-0.39, 0.29) is 5.78 Å². The largest absolute Gasteiger partial charge is 0.374 e. The number of aliphatic imine (C=N–C) groups is 1. The summed E-state index contributed by atoms with van der Waals surface area (Å²) in [4.78, 5) is 19.4. The van der Waals surface area contributed by atoms with E-state index in [4.69, 9.17) is 0 Å². The van der Waals surface area contributed by atoms with Gasteiger partial charge in [0.1, 0.15) is 5.84 Å². The smallest absolute Gasteiger partial charge is 0.204 e. The average molecular weight is 294 g/mol. The van der Waals surface area contributed by atoms with E-state index in [1.807, 2.05) is 47.4 Å². The summed E-state index contributed by atoms with van der Waals surface area (Å²) >= 11 is 0. The molecule has 1 unspecified atom stereocenters. The van der Waals surface area contributed by atoms with Gasteiger partial charge < -0.3 is 10.0 Å². The van der Waals surface area contributed by atoms with Gasteiger partial charge in [-0.05, 0) is 24.5 Å². The first-order chi connectivity index (χ1) is 10.6. The minimum atomic E-state index is -1.48. The Morgan fingerprint density at radius 2 is 2.09 bits per heavy atom. The summed E-state index contributed by atoms with van der Waals surface area (Å²) in [5.41, 5.74) is 0.781. The number of nitrogens with zero attached hydrogens (tertiary/aromatic N) is 2. The molecular formula is C18H18N2O2. The van der Waals surface area contributed by atoms with Gasteiger partial charge in [0.2, 0.25) is 5.78 Å². The van der Waals surface area contributed by atoms with Gasteiger partial charge in [-0.2, -0.15) is 0 Å². The lowest BCUT2D eigenvalue weighted by Crippen LogP contribution is -2.50. The van der Waals surface area contributed by atoms with Crippen LogP contribution in [0.15, 0.2) is 58.7 Å². The van der Waals surface area contributed by atoms with E-state index >= 15 is 0 Å². The fraction of sp³-hybridized carbons (Fsp3) is 0.333. The van der Waals surface area contributed by atoms with Crippen LogP contribution in [0.1, 0.15) is 19.8 Å². The molecule has 4 heteroatoms. The van der Waals surface area contributed by atoms with Crippen molar-refractivity contribution in [1.29, 1.82) is 0 Å². The van der Waals surface area contributed by atoms with Crippen molar-refractivity contribution in [3.8, 4) is 0 Å². The van der Waals surface area contributed by atoms with E-state index < -0.39 is 5.60 Å². The van der Waals surface area contributed by atoms with Crippen LogP contribution in [0, 0.1) is 5.92 Å². The number of ketones is 1. The Hall–Kier alpha value is -2.20. The van der Waals surface area contributed by atoms with Gasteiger partial charge >= 0.3 is 0 Å². The standard InChI is InChI=1S/C18H18N2O2/c1-12-7-8-15-14(11-12)16(21)18(22)9-10-20(17(18)19-15)13-5-3-2-4-6-13/h2-6,8,11-12,22H,7,9-10H2,1H3/t12?,18-/m1/s1. The summed E-state index contributed by atoms with van der Waals surface area (Å²) in [7, 11) is 0. The number of hydrogen-bond acceptors (Lipinski definition) is 4. The summed E-state index contributed by atoms with van der Waals surface area (Å²) in [6.45, 7) is 2.67. The summed E-state index contributed by atoms with van der Waals surface area (Å²) in [6, 6.07) is 9.80. The number of carbonyl (C=O) groups excluding carboxylic acids is 1. The summed E-state index contributed by atoms with van der Waals surface area (Å²) in [5, 5.41) is 10.9. The van der Waals surface area contributed by atoms with Crippen molar-refractivity contribution in [3.05, 3.63) is 53.8 Å². The number of carbonyl (C=O) groups is 1. The average Bonchev–Trinajstić information content (AvgIpc) is 2.88. The second kappa shape index (κ2) is 4.65. The molecule has 0 aromatic heterocycles. The maximum absolute atomic E-state index is 12.8. The number of amidine groups is 1. The van der Waals surface area contributed by atoms with Gasteiger partial charge in [-0.15, -0.1) is 0 Å². The predicted octanol–water partition coefficient (Wildman–Crippen LogP) is 2.46. The Kier molecular flexibility index (Phi) is 2.84. The topological polar surface area (TPSA) is 52.9 Å². The lowest BCUT2D eigenvalue weighted by Gasteiger charge is -2.32. The normalized spacial score (nSPS) is 30.3. The molecule has 0 amide bonds. The van der Waals surface area contributed by atoms with Crippen molar-refractivity contribution in [2.75, 3.05) is 11.4 Å². The van der Waals surface area contributed by atoms with Gasteiger partial charge in [0.15, 0.2) is 5.60 Å².